The standard InChI is InChI=1S/C30H32ClN3O4S/c1-3-22(4-2)29-30(36)34(18-17-27(35)33-39(37,38)20-21-11-7-5-8-12-21)26-16-15-24(31)19-25(26)28(32-29)23-13-9-6-10-14-23/h5-16,19,22,29H,3-4,17-18,20H2,1-2H3,(H,33,35). The summed E-state index contributed by atoms with van der Waals surface area (Å²) in [6, 6.07) is 22.8. The van der Waals surface area contributed by atoms with E-state index in [4.69, 9.17) is 16.6 Å². The third kappa shape index (κ3) is 6.94. The van der Waals surface area contributed by atoms with Crippen molar-refractivity contribution in [3.63, 3.8) is 0 Å². The normalized spacial score (nSPS) is 15.5. The Morgan fingerprint density at radius 2 is 1.64 bits per heavy atom. The molecule has 204 valence electrons. The van der Waals surface area contributed by atoms with Crippen molar-refractivity contribution in [3.8, 4) is 0 Å². The van der Waals surface area contributed by atoms with Crippen LogP contribution in [0.25, 0.3) is 0 Å². The number of fused-ring (bicyclic) bond motifs is 1. The van der Waals surface area contributed by atoms with E-state index in [0.717, 1.165) is 18.4 Å². The van der Waals surface area contributed by atoms with E-state index in [2.05, 4.69) is 4.72 Å². The molecule has 7 nitrogen and oxygen atoms in total. The Labute approximate surface area is 235 Å². The smallest absolute Gasteiger partial charge is 0.252 e. The molecule has 0 saturated carbocycles. The van der Waals surface area contributed by atoms with Gasteiger partial charge in [-0.2, -0.15) is 0 Å². The van der Waals surface area contributed by atoms with Crippen LogP contribution in [0, 0.1) is 5.92 Å². The van der Waals surface area contributed by atoms with Gasteiger partial charge in [-0.05, 0) is 29.7 Å². The largest absolute Gasteiger partial charge is 0.309 e. The number of halogens is 1. The lowest BCUT2D eigenvalue weighted by Crippen LogP contribution is -2.43. The Balaban J connectivity index is 1.65. The molecule has 3 aromatic rings. The lowest BCUT2D eigenvalue weighted by atomic mass is 9.93. The fourth-order valence-electron chi connectivity index (χ4n) is 4.84. The van der Waals surface area contributed by atoms with E-state index in [1.807, 2.05) is 44.2 Å². The van der Waals surface area contributed by atoms with Crippen LogP contribution in [0.5, 0.6) is 0 Å². The van der Waals surface area contributed by atoms with Crippen LogP contribution in [0.15, 0.2) is 83.9 Å². The zero-order valence-electron chi connectivity index (χ0n) is 22.0. The predicted octanol–water partition coefficient (Wildman–Crippen LogP) is 5.37. The Morgan fingerprint density at radius 3 is 2.28 bits per heavy atom. The summed E-state index contributed by atoms with van der Waals surface area (Å²) in [4.78, 5) is 33.3. The van der Waals surface area contributed by atoms with Gasteiger partial charge < -0.3 is 4.90 Å². The molecule has 0 saturated heterocycles. The number of nitrogens with one attached hydrogen (secondary N) is 1. The van der Waals surface area contributed by atoms with Crippen LogP contribution in [0.3, 0.4) is 0 Å². The zero-order chi connectivity index (χ0) is 28.0. The summed E-state index contributed by atoms with van der Waals surface area (Å²) in [5, 5.41) is 0.496. The summed E-state index contributed by atoms with van der Waals surface area (Å²) >= 11 is 6.40. The molecule has 1 aliphatic heterocycles. The number of benzene rings is 3. The molecule has 4 rings (SSSR count). The Morgan fingerprint density at radius 1 is 1.00 bits per heavy atom. The Hall–Kier alpha value is -3.49. The molecular formula is C30H32ClN3O4S. The van der Waals surface area contributed by atoms with Gasteiger partial charge in [-0.25, -0.2) is 8.42 Å². The van der Waals surface area contributed by atoms with Crippen LogP contribution in [-0.4, -0.2) is 38.5 Å². The molecule has 1 heterocycles. The number of nitrogens with zero attached hydrogens (tertiary/aromatic N) is 2. The molecule has 3 aromatic carbocycles. The number of hydrogen-bond acceptors (Lipinski definition) is 5. The monoisotopic (exact) mass is 565 g/mol. The van der Waals surface area contributed by atoms with E-state index >= 15 is 0 Å². The van der Waals surface area contributed by atoms with Crippen molar-refractivity contribution in [2.75, 3.05) is 11.4 Å². The molecule has 1 aliphatic rings. The van der Waals surface area contributed by atoms with Gasteiger partial charge >= 0.3 is 0 Å². The first kappa shape index (κ1) is 28.5. The third-order valence-corrected chi connectivity index (χ3v) is 8.35. The van der Waals surface area contributed by atoms with Gasteiger partial charge in [0.15, 0.2) is 0 Å². The van der Waals surface area contributed by atoms with Crippen molar-refractivity contribution in [1.82, 2.24) is 4.72 Å². The minimum atomic E-state index is -3.89. The van der Waals surface area contributed by atoms with Crippen molar-refractivity contribution >= 4 is 44.8 Å². The highest BCUT2D eigenvalue weighted by Gasteiger charge is 2.36. The molecule has 1 unspecified atom stereocenters. The first-order valence-electron chi connectivity index (χ1n) is 13.0. The van der Waals surface area contributed by atoms with Crippen LogP contribution >= 0.6 is 11.6 Å². The highest BCUT2D eigenvalue weighted by Crippen LogP contribution is 2.33. The average Bonchev–Trinajstić information content (AvgIpc) is 3.03. The third-order valence-electron chi connectivity index (χ3n) is 6.87. The second-order valence-electron chi connectivity index (χ2n) is 9.54. The van der Waals surface area contributed by atoms with Crippen molar-refractivity contribution in [1.29, 1.82) is 0 Å². The number of sulfonamides is 1. The minimum absolute atomic E-state index is 0.00556. The van der Waals surface area contributed by atoms with Crippen LogP contribution in [-0.2, 0) is 25.4 Å². The van der Waals surface area contributed by atoms with Crippen LogP contribution in [0.1, 0.15) is 49.8 Å². The van der Waals surface area contributed by atoms with E-state index in [9.17, 15) is 18.0 Å². The zero-order valence-corrected chi connectivity index (χ0v) is 23.6. The Kier molecular flexibility index (Phi) is 9.20. The first-order valence-corrected chi connectivity index (χ1v) is 15.1. The topological polar surface area (TPSA) is 95.9 Å². The number of aliphatic imine (C=N–C) groups is 1. The number of amides is 2. The second-order valence-corrected chi connectivity index (χ2v) is 11.7. The van der Waals surface area contributed by atoms with Gasteiger partial charge in [0.1, 0.15) is 6.04 Å². The highest BCUT2D eigenvalue weighted by atomic mass is 35.5. The summed E-state index contributed by atoms with van der Waals surface area (Å²) < 4.78 is 27.3. The van der Waals surface area contributed by atoms with E-state index in [0.29, 0.717) is 27.5 Å². The van der Waals surface area contributed by atoms with Crippen LogP contribution in [0.2, 0.25) is 5.02 Å². The predicted molar refractivity (Wildman–Crippen MR) is 156 cm³/mol. The second kappa shape index (κ2) is 12.6. The molecule has 0 spiro atoms. The van der Waals surface area contributed by atoms with Gasteiger partial charge in [0.05, 0.1) is 17.2 Å². The van der Waals surface area contributed by atoms with E-state index in [-0.39, 0.29) is 30.5 Å². The summed E-state index contributed by atoms with van der Waals surface area (Å²) in [6.07, 6.45) is 1.31. The highest BCUT2D eigenvalue weighted by molar-refractivity contribution is 7.89. The van der Waals surface area contributed by atoms with Crippen molar-refractivity contribution in [2.24, 2.45) is 10.9 Å². The summed E-state index contributed by atoms with van der Waals surface area (Å²) in [6.45, 7) is 4.06. The molecule has 39 heavy (non-hydrogen) atoms. The molecule has 0 radical (unpaired) electrons. The van der Waals surface area contributed by atoms with Gasteiger partial charge in [0, 0.05) is 29.1 Å². The van der Waals surface area contributed by atoms with Gasteiger partial charge in [-0.3, -0.25) is 19.3 Å². The fourth-order valence-corrected chi connectivity index (χ4v) is 6.17. The number of rotatable bonds is 10. The number of hydrogen-bond donors (Lipinski definition) is 1. The maximum Gasteiger partial charge on any atom is 0.252 e. The number of carbonyl (C=O) groups excluding carboxylic acids is 2. The van der Waals surface area contributed by atoms with Crippen molar-refractivity contribution < 1.29 is 18.0 Å². The number of benzodiazepines with no additional fused rings is 1. The van der Waals surface area contributed by atoms with E-state index in [1.165, 1.54) is 0 Å². The van der Waals surface area contributed by atoms with Gasteiger partial charge in [0.25, 0.3) is 5.91 Å². The summed E-state index contributed by atoms with van der Waals surface area (Å²) in [7, 11) is -3.89. The molecule has 9 heteroatoms. The first-order chi connectivity index (χ1) is 18.7. The quantitative estimate of drug-likeness (QED) is 0.358. The maximum absolute atomic E-state index is 14.0. The number of carbonyl (C=O) groups is 2. The van der Waals surface area contributed by atoms with Gasteiger partial charge in [-0.15, -0.1) is 0 Å². The molecule has 1 N–H and O–H groups in total. The molecule has 0 aromatic heterocycles. The van der Waals surface area contributed by atoms with Crippen molar-refractivity contribution in [2.45, 2.75) is 44.9 Å². The Bertz CT molecular complexity index is 1460. The SMILES string of the molecule is CCC(CC)C1N=C(c2ccccc2)c2cc(Cl)ccc2N(CCC(=O)NS(=O)(=O)Cc2ccccc2)C1=O. The number of anilines is 1. The lowest BCUT2D eigenvalue weighted by Gasteiger charge is -2.28. The molecule has 0 aliphatic carbocycles. The summed E-state index contributed by atoms with van der Waals surface area (Å²) in [5.41, 5.74) is 3.37. The average molecular weight is 566 g/mol. The van der Waals surface area contributed by atoms with Gasteiger partial charge in [0.2, 0.25) is 15.9 Å². The van der Waals surface area contributed by atoms with Crippen LogP contribution in [0.4, 0.5) is 5.69 Å². The molecule has 2 amide bonds. The molecule has 0 fully saturated rings. The fraction of sp³-hybridized carbons (Fsp3) is 0.300. The van der Waals surface area contributed by atoms with E-state index < -0.39 is 22.0 Å². The van der Waals surface area contributed by atoms with E-state index in [1.54, 1.807) is 53.4 Å². The molecule has 0 bridgehead atoms. The van der Waals surface area contributed by atoms with Crippen molar-refractivity contribution in [3.05, 3.63) is 101 Å². The van der Waals surface area contributed by atoms with Crippen LogP contribution < -0.4 is 9.62 Å². The minimum Gasteiger partial charge on any atom is -0.309 e. The maximum atomic E-state index is 14.0. The summed E-state index contributed by atoms with van der Waals surface area (Å²) in [5.74, 6) is -1.22. The molecule has 1 atom stereocenters. The van der Waals surface area contributed by atoms with Gasteiger partial charge in [-0.1, -0.05) is 99.0 Å². The molecular weight excluding hydrogens is 534 g/mol. The lowest BCUT2D eigenvalue weighted by molar-refractivity contribution is -0.121.